The molecule has 24 heavy (non-hydrogen) atoms. The van der Waals surface area contributed by atoms with Gasteiger partial charge in [-0.05, 0) is 42.7 Å². The summed E-state index contributed by atoms with van der Waals surface area (Å²) in [7, 11) is 0. The number of nitrogens with zero attached hydrogens (tertiary/aromatic N) is 3. The average Bonchev–Trinajstić information content (AvgIpc) is 2.96. The van der Waals surface area contributed by atoms with Crippen LogP contribution in [0.5, 0.6) is 0 Å². The van der Waals surface area contributed by atoms with E-state index in [4.69, 9.17) is 0 Å². The van der Waals surface area contributed by atoms with Crippen molar-refractivity contribution in [1.82, 2.24) is 9.97 Å². The maximum atomic E-state index is 13.7. The second-order valence-corrected chi connectivity index (χ2v) is 6.28. The normalized spacial score (nSPS) is 20.7. The van der Waals surface area contributed by atoms with Crippen LogP contribution in [0.15, 0.2) is 48.8 Å². The first-order chi connectivity index (χ1) is 11.6. The highest BCUT2D eigenvalue weighted by molar-refractivity contribution is 5.92. The summed E-state index contributed by atoms with van der Waals surface area (Å²) in [5.74, 6) is 0.529. The van der Waals surface area contributed by atoms with Gasteiger partial charge in [0.1, 0.15) is 18.0 Å². The minimum absolute atomic E-state index is 0.103. The zero-order valence-electron chi connectivity index (χ0n) is 13.4. The first-order valence-corrected chi connectivity index (χ1v) is 8.04. The van der Waals surface area contributed by atoms with E-state index in [-0.39, 0.29) is 11.9 Å². The van der Waals surface area contributed by atoms with Crippen molar-refractivity contribution in [2.75, 3.05) is 11.4 Å². The summed E-state index contributed by atoms with van der Waals surface area (Å²) in [5, 5.41) is 11.2. The van der Waals surface area contributed by atoms with Crippen molar-refractivity contribution in [2.45, 2.75) is 25.5 Å². The summed E-state index contributed by atoms with van der Waals surface area (Å²) in [4.78, 5) is 10.9. The summed E-state index contributed by atoms with van der Waals surface area (Å²) < 4.78 is 13.7. The third-order valence-electron chi connectivity index (χ3n) is 4.64. The van der Waals surface area contributed by atoms with Crippen LogP contribution >= 0.6 is 0 Å². The Morgan fingerprint density at radius 1 is 1.17 bits per heavy atom. The fraction of sp³-hybridized carbons (Fsp3) is 0.263. The maximum Gasteiger partial charge on any atom is 0.140 e. The van der Waals surface area contributed by atoms with Crippen molar-refractivity contribution in [2.24, 2.45) is 0 Å². The van der Waals surface area contributed by atoms with Gasteiger partial charge >= 0.3 is 0 Å². The highest BCUT2D eigenvalue weighted by atomic mass is 19.1. The number of rotatable bonds is 2. The molecular formula is C19H18FN3O. The molecular weight excluding hydrogens is 305 g/mol. The number of halogens is 1. The minimum atomic E-state index is -0.465. The largest absolute Gasteiger partial charge is 0.391 e. The first kappa shape index (κ1) is 15.0. The topological polar surface area (TPSA) is 49.2 Å². The van der Waals surface area contributed by atoms with E-state index in [1.165, 1.54) is 12.1 Å². The first-order valence-electron chi connectivity index (χ1n) is 8.04. The third kappa shape index (κ3) is 2.51. The minimum Gasteiger partial charge on any atom is -0.391 e. The molecule has 0 spiro atoms. The molecule has 1 aliphatic heterocycles. The summed E-state index contributed by atoms with van der Waals surface area (Å²) in [6.45, 7) is 2.50. The van der Waals surface area contributed by atoms with Gasteiger partial charge in [0.25, 0.3) is 0 Å². The zero-order chi connectivity index (χ0) is 16.7. The van der Waals surface area contributed by atoms with Gasteiger partial charge in [-0.2, -0.15) is 0 Å². The van der Waals surface area contributed by atoms with Gasteiger partial charge in [-0.15, -0.1) is 0 Å². The summed E-state index contributed by atoms with van der Waals surface area (Å²) in [6, 6.07) is 12.4. The molecule has 0 aliphatic carbocycles. The molecule has 2 heterocycles. The Bertz CT molecular complexity index is 893. The van der Waals surface area contributed by atoms with E-state index in [2.05, 4.69) is 14.9 Å². The SMILES string of the molecule is Cc1cccc2ncnc(N3C[C@H](O)C[C@H]3c3cccc(F)c3)c12. The van der Waals surface area contributed by atoms with Gasteiger partial charge in [-0.25, -0.2) is 14.4 Å². The fourth-order valence-corrected chi connectivity index (χ4v) is 3.56. The molecule has 0 bridgehead atoms. The molecule has 1 aliphatic rings. The molecule has 1 saturated heterocycles. The number of hydrogen-bond donors (Lipinski definition) is 1. The van der Waals surface area contributed by atoms with Gasteiger partial charge in [0.15, 0.2) is 0 Å². The van der Waals surface area contributed by atoms with Crippen LogP contribution in [0.3, 0.4) is 0 Å². The van der Waals surface area contributed by atoms with E-state index < -0.39 is 6.10 Å². The van der Waals surface area contributed by atoms with Crippen LogP contribution in [0.4, 0.5) is 10.2 Å². The summed E-state index contributed by atoms with van der Waals surface area (Å²) >= 11 is 0. The van der Waals surface area contributed by atoms with Gasteiger partial charge in [0.2, 0.25) is 0 Å². The number of benzene rings is 2. The number of aryl methyl sites for hydroxylation is 1. The molecule has 0 saturated carbocycles. The van der Waals surface area contributed by atoms with Crippen molar-refractivity contribution in [3.8, 4) is 0 Å². The van der Waals surface area contributed by atoms with E-state index >= 15 is 0 Å². The Morgan fingerprint density at radius 2 is 2.00 bits per heavy atom. The third-order valence-corrected chi connectivity index (χ3v) is 4.64. The predicted octanol–water partition coefficient (Wildman–Crippen LogP) is 3.39. The molecule has 1 N–H and O–H groups in total. The molecule has 1 fully saturated rings. The summed E-state index contributed by atoms with van der Waals surface area (Å²) in [5.41, 5.74) is 2.81. The van der Waals surface area contributed by atoms with Gasteiger partial charge in [0.05, 0.1) is 17.7 Å². The molecule has 4 rings (SSSR count). The van der Waals surface area contributed by atoms with Gasteiger partial charge in [0, 0.05) is 11.9 Å². The molecule has 2 atom stereocenters. The highest BCUT2D eigenvalue weighted by Crippen LogP contribution is 2.38. The number of aromatic nitrogens is 2. The van der Waals surface area contributed by atoms with Crippen LogP contribution in [0.2, 0.25) is 0 Å². The number of β-amino-alcohol motifs (C(OH)–C–C–N with tert-alkyl or cyclic N) is 1. The van der Waals surface area contributed by atoms with Crippen LogP contribution in [0.1, 0.15) is 23.6 Å². The Balaban J connectivity index is 1.85. The van der Waals surface area contributed by atoms with Crippen LogP contribution in [0, 0.1) is 12.7 Å². The molecule has 0 amide bonds. The number of fused-ring (bicyclic) bond motifs is 1. The smallest absolute Gasteiger partial charge is 0.140 e. The zero-order valence-corrected chi connectivity index (χ0v) is 13.4. The van der Waals surface area contributed by atoms with E-state index in [1.54, 1.807) is 12.4 Å². The molecule has 1 aromatic heterocycles. The highest BCUT2D eigenvalue weighted by Gasteiger charge is 2.34. The second-order valence-electron chi connectivity index (χ2n) is 6.28. The lowest BCUT2D eigenvalue weighted by atomic mass is 10.0. The van der Waals surface area contributed by atoms with Crippen molar-refractivity contribution < 1.29 is 9.50 Å². The van der Waals surface area contributed by atoms with E-state index in [1.807, 2.05) is 31.2 Å². The Kier molecular flexibility index (Phi) is 3.65. The lowest BCUT2D eigenvalue weighted by Gasteiger charge is -2.27. The molecule has 0 unspecified atom stereocenters. The predicted molar refractivity (Wildman–Crippen MR) is 91.4 cm³/mol. The van der Waals surface area contributed by atoms with Crippen LogP contribution in [-0.4, -0.2) is 27.7 Å². The summed E-state index contributed by atoms with van der Waals surface area (Å²) in [6.07, 6.45) is 1.64. The van der Waals surface area contributed by atoms with Crippen LogP contribution in [0.25, 0.3) is 10.9 Å². The molecule has 5 heteroatoms. The van der Waals surface area contributed by atoms with Crippen molar-refractivity contribution in [1.29, 1.82) is 0 Å². The Hall–Kier alpha value is -2.53. The number of aliphatic hydroxyl groups is 1. The van der Waals surface area contributed by atoms with Gasteiger partial charge in [-0.3, -0.25) is 0 Å². The average molecular weight is 323 g/mol. The number of anilines is 1. The Labute approximate surface area is 139 Å². The lowest BCUT2D eigenvalue weighted by molar-refractivity contribution is 0.194. The van der Waals surface area contributed by atoms with Crippen molar-refractivity contribution in [3.63, 3.8) is 0 Å². The maximum absolute atomic E-state index is 13.7. The van der Waals surface area contributed by atoms with Crippen molar-refractivity contribution >= 4 is 16.7 Å². The van der Waals surface area contributed by atoms with E-state index in [0.29, 0.717) is 13.0 Å². The molecule has 4 nitrogen and oxygen atoms in total. The van der Waals surface area contributed by atoms with Crippen molar-refractivity contribution in [3.05, 3.63) is 65.7 Å². The van der Waals surface area contributed by atoms with E-state index in [9.17, 15) is 9.50 Å². The monoisotopic (exact) mass is 323 g/mol. The van der Waals surface area contributed by atoms with E-state index in [0.717, 1.165) is 27.8 Å². The van der Waals surface area contributed by atoms with Gasteiger partial charge in [-0.1, -0.05) is 24.3 Å². The molecule has 122 valence electrons. The molecule has 3 aromatic rings. The number of hydrogen-bond acceptors (Lipinski definition) is 4. The fourth-order valence-electron chi connectivity index (χ4n) is 3.56. The lowest BCUT2D eigenvalue weighted by Crippen LogP contribution is -2.25. The number of aliphatic hydroxyl groups excluding tert-OH is 1. The van der Waals surface area contributed by atoms with Crippen LogP contribution < -0.4 is 4.90 Å². The van der Waals surface area contributed by atoms with Gasteiger partial charge < -0.3 is 10.0 Å². The molecule has 0 radical (unpaired) electrons. The van der Waals surface area contributed by atoms with Crippen LogP contribution in [-0.2, 0) is 0 Å². The Morgan fingerprint density at radius 3 is 2.83 bits per heavy atom. The standard InChI is InChI=1S/C19H18FN3O/c1-12-4-2-7-16-18(12)19(22-11-21-16)23-10-15(24)9-17(23)13-5-3-6-14(20)8-13/h2-8,11,15,17,24H,9-10H2,1H3/t15-,17+/m1/s1. The molecule has 2 aromatic carbocycles. The quantitative estimate of drug-likeness (QED) is 0.785. The second kappa shape index (κ2) is 5.83.